The lowest BCUT2D eigenvalue weighted by Gasteiger charge is -2.28. The van der Waals surface area contributed by atoms with Gasteiger partial charge >= 0.3 is 0 Å². The molecule has 0 unspecified atom stereocenters. The SMILES string of the molecule is Cc1c(C(=O)Nc2ccc(N3CCOCC3)cc2)sc2nc(-c3ccc(F)cc3)cn12. The second-order valence-corrected chi connectivity index (χ2v) is 8.38. The number of morpholine rings is 1. The number of benzene rings is 2. The van der Waals surface area contributed by atoms with E-state index in [2.05, 4.69) is 15.2 Å². The van der Waals surface area contributed by atoms with Gasteiger partial charge in [0.25, 0.3) is 5.91 Å². The summed E-state index contributed by atoms with van der Waals surface area (Å²) in [5.41, 5.74) is 4.28. The molecule has 1 aliphatic heterocycles. The average molecular weight is 437 g/mol. The first kappa shape index (κ1) is 19.7. The zero-order valence-electron chi connectivity index (χ0n) is 17.0. The van der Waals surface area contributed by atoms with Crippen molar-refractivity contribution in [2.24, 2.45) is 0 Å². The van der Waals surface area contributed by atoms with Crippen LogP contribution in [0, 0.1) is 12.7 Å². The summed E-state index contributed by atoms with van der Waals surface area (Å²) in [6.07, 6.45) is 1.88. The average Bonchev–Trinajstić information content (AvgIpc) is 3.35. The molecule has 0 bridgehead atoms. The fraction of sp³-hybridized carbons (Fsp3) is 0.217. The maximum Gasteiger partial charge on any atom is 0.267 e. The standard InChI is InChI=1S/C23H21FN4O2S/c1-15-21(31-23-26-20(14-28(15)23)16-2-4-17(24)5-3-16)22(29)25-18-6-8-19(9-7-18)27-10-12-30-13-11-27/h2-9,14H,10-13H2,1H3,(H,25,29). The van der Waals surface area contributed by atoms with Gasteiger partial charge in [-0.25, -0.2) is 9.37 Å². The van der Waals surface area contributed by atoms with Crippen molar-refractivity contribution in [3.63, 3.8) is 0 Å². The Labute approximate surface area is 182 Å². The van der Waals surface area contributed by atoms with E-state index in [1.54, 1.807) is 12.1 Å². The Bertz CT molecular complexity index is 1230. The highest BCUT2D eigenvalue weighted by atomic mass is 32.1. The van der Waals surface area contributed by atoms with E-state index in [1.807, 2.05) is 41.8 Å². The second kappa shape index (κ2) is 8.13. The third-order valence-electron chi connectivity index (χ3n) is 5.40. The molecule has 5 rings (SSSR count). The summed E-state index contributed by atoms with van der Waals surface area (Å²) in [6.45, 7) is 5.12. The lowest BCUT2D eigenvalue weighted by atomic mass is 10.2. The van der Waals surface area contributed by atoms with Crippen LogP contribution in [0.15, 0.2) is 54.7 Å². The molecule has 31 heavy (non-hydrogen) atoms. The molecule has 158 valence electrons. The van der Waals surface area contributed by atoms with E-state index in [1.165, 1.54) is 23.5 Å². The summed E-state index contributed by atoms with van der Waals surface area (Å²) in [6, 6.07) is 14.1. The number of rotatable bonds is 4. The van der Waals surface area contributed by atoms with Gasteiger partial charge in [-0.05, 0) is 55.5 Å². The number of nitrogens with one attached hydrogen (secondary N) is 1. The number of hydrogen-bond acceptors (Lipinski definition) is 5. The molecule has 8 heteroatoms. The van der Waals surface area contributed by atoms with Gasteiger partial charge in [0.1, 0.15) is 10.7 Å². The molecule has 3 heterocycles. The van der Waals surface area contributed by atoms with Crippen molar-refractivity contribution in [1.82, 2.24) is 9.38 Å². The number of hydrogen-bond donors (Lipinski definition) is 1. The molecule has 0 spiro atoms. The van der Waals surface area contributed by atoms with E-state index in [0.29, 0.717) is 4.88 Å². The molecule has 1 fully saturated rings. The summed E-state index contributed by atoms with van der Waals surface area (Å²) in [5, 5.41) is 2.98. The lowest BCUT2D eigenvalue weighted by Crippen LogP contribution is -2.36. The predicted molar refractivity (Wildman–Crippen MR) is 121 cm³/mol. The Kier molecular flexibility index (Phi) is 5.17. The Hall–Kier alpha value is -3.23. The lowest BCUT2D eigenvalue weighted by molar-refractivity contribution is 0.102. The van der Waals surface area contributed by atoms with Gasteiger partial charge in [0.15, 0.2) is 4.96 Å². The summed E-state index contributed by atoms with van der Waals surface area (Å²) in [5.74, 6) is -0.437. The fourth-order valence-electron chi connectivity index (χ4n) is 3.69. The maximum absolute atomic E-state index is 13.2. The molecule has 0 radical (unpaired) electrons. The molecule has 2 aromatic carbocycles. The van der Waals surface area contributed by atoms with E-state index in [0.717, 1.165) is 59.6 Å². The van der Waals surface area contributed by atoms with Crippen LogP contribution in [0.5, 0.6) is 0 Å². The minimum absolute atomic E-state index is 0.157. The first-order valence-corrected chi connectivity index (χ1v) is 10.9. The Morgan fingerprint density at radius 2 is 1.81 bits per heavy atom. The van der Waals surface area contributed by atoms with Gasteiger partial charge in [0.2, 0.25) is 0 Å². The molecule has 0 aliphatic carbocycles. The molecule has 0 saturated carbocycles. The van der Waals surface area contributed by atoms with Crippen LogP contribution < -0.4 is 10.2 Å². The third-order valence-corrected chi connectivity index (χ3v) is 6.56. The number of imidazole rings is 1. The van der Waals surface area contributed by atoms with Crippen molar-refractivity contribution in [1.29, 1.82) is 0 Å². The van der Waals surface area contributed by atoms with Crippen LogP contribution in [0.25, 0.3) is 16.2 Å². The van der Waals surface area contributed by atoms with Gasteiger partial charge in [0, 0.05) is 41.9 Å². The van der Waals surface area contributed by atoms with E-state index in [9.17, 15) is 9.18 Å². The summed E-state index contributed by atoms with van der Waals surface area (Å²) in [7, 11) is 0. The molecule has 1 N–H and O–H groups in total. The van der Waals surface area contributed by atoms with Crippen molar-refractivity contribution in [2.45, 2.75) is 6.92 Å². The third kappa shape index (κ3) is 3.92. The quantitative estimate of drug-likeness (QED) is 0.508. The van der Waals surface area contributed by atoms with E-state index in [4.69, 9.17) is 4.74 Å². The van der Waals surface area contributed by atoms with Crippen LogP contribution in [0.3, 0.4) is 0 Å². The molecule has 4 aromatic rings. The van der Waals surface area contributed by atoms with Gasteiger partial charge < -0.3 is 15.0 Å². The molecule has 1 aliphatic rings. The number of carbonyl (C=O) groups excluding carboxylic acids is 1. The van der Waals surface area contributed by atoms with Crippen LogP contribution in [0.1, 0.15) is 15.4 Å². The smallest absolute Gasteiger partial charge is 0.267 e. The van der Waals surface area contributed by atoms with Crippen LogP contribution in [0.4, 0.5) is 15.8 Å². The predicted octanol–water partition coefficient (Wildman–Crippen LogP) is 4.60. The van der Waals surface area contributed by atoms with Crippen molar-refractivity contribution in [2.75, 3.05) is 36.5 Å². The van der Waals surface area contributed by atoms with Gasteiger partial charge in [-0.2, -0.15) is 0 Å². The molecule has 6 nitrogen and oxygen atoms in total. The highest BCUT2D eigenvalue weighted by Crippen LogP contribution is 2.28. The van der Waals surface area contributed by atoms with Gasteiger partial charge in [-0.1, -0.05) is 11.3 Å². The van der Waals surface area contributed by atoms with Crippen molar-refractivity contribution >= 4 is 33.6 Å². The number of anilines is 2. The Morgan fingerprint density at radius 1 is 1.10 bits per heavy atom. The largest absolute Gasteiger partial charge is 0.378 e. The van der Waals surface area contributed by atoms with Crippen molar-refractivity contribution < 1.29 is 13.9 Å². The Balaban J connectivity index is 1.33. The first-order chi connectivity index (χ1) is 15.1. The number of fused-ring (bicyclic) bond motifs is 1. The summed E-state index contributed by atoms with van der Waals surface area (Å²) in [4.78, 5) is 21.1. The van der Waals surface area contributed by atoms with E-state index < -0.39 is 0 Å². The zero-order chi connectivity index (χ0) is 21.4. The van der Waals surface area contributed by atoms with Crippen molar-refractivity contribution in [3.05, 3.63) is 71.1 Å². The highest BCUT2D eigenvalue weighted by Gasteiger charge is 2.19. The fourth-order valence-corrected chi connectivity index (χ4v) is 4.69. The summed E-state index contributed by atoms with van der Waals surface area (Å²) >= 11 is 1.34. The molecule has 2 aromatic heterocycles. The number of nitrogens with zero attached hydrogens (tertiary/aromatic N) is 3. The normalized spacial score (nSPS) is 14.2. The number of carbonyl (C=O) groups is 1. The van der Waals surface area contributed by atoms with Crippen LogP contribution in [0.2, 0.25) is 0 Å². The molecular weight excluding hydrogens is 415 g/mol. The number of halogens is 1. The number of thiazole rings is 1. The number of aryl methyl sites for hydroxylation is 1. The number of amides is 1. The van der Waals surface area contributed by atoms with Crippen molar-refractivity contribution in [3.8, 4) is 11.3 Å². The maximum atomic E-state index is 13.2. The molecule has 1 saturated heterocycles. The van der Waals surface area contributed by atoms with Crippen LogP contribution >= 0.6 is 11.3 Å². The molecule has 1 amide bonds. The van der Waals surface area contributed by atoms with Gasteiger partial charge in [-0.3, -0.25) is 9.20 Å². The zero-order valence-corrected chi connectivity index (χ0v) is 17.8. The minimum Gasteiger partial charge on any atom is -0.378 e. The topological polar surface area (TPSA) is 58.9 Å². The van der Waals surface area contributed by atoms with Crippen LogP contribution in [-0.4, -0.2) is 41.6 Å². The second-order valence-electron chi connectivity index (χ2n) is 7.40. The molecular formula is C23H21FN4O2S. The van der Waals surface area contributed by atoms with Gasteiger partial charge in [0.05, 0.1) is 18.9 Å². The number of aromatic nitrogens is 2. The monoisotopic (exact) mass is 436 g/mol. The first-order valence-electron chi connectivity index (χ1n) is 10.1. The highest BCUT2D eigenvalue weighted by molar-refractivity contribution is 7.19. The van der Waals surface area contributed by atoms with Gasteiger partial charge in [-0.15, -0.1) is 0 Å². The summed E-state index contributed by atoms with van der Waals surface area (Å²) < 4.78 is 20.5. The number of ether oxygens (including phenoxy) is 1. The Morgan fingerprint density at radius 3 is 2.48 bits per heavy atom. The van der Waals surface area contributed by atoms with Crippen LogP contribution in [-0.2, 0) is 4.74 Å². The van der Waals surface area contributed by atoms with E-state index in [-0.39, 0.29) is 11.7 Å². The van der Waals surface area contributed by atoms with E-state index >= 15 is 0 Å². The minimum atomic E-state index is -0.280. The molecule has 0 atom stereocenters.